The average molecular weight is 310 g/mol. The summed E-state index contributed by atoms with van der Waals surface area (Å²) in [7, 11) is -4.56. The molecule has 0 heterocycles. The van der Waals surface area contributed by atoms with E-state index < -0.39 is 13.9 Å². The van der Waals surface area contributed by atoms with Crippen molar-refractivity contribution < 1.29 is 28.2 Å². The zero-order valence-corrected chi connectivity index (χ0v) is 13.7. The van der Waals surface area contributed by atoms with Gasteiger partial charge in [-0.15, -0.1) is 0 Å². The highest BCUT2D eigenvalue weighted by molar-refractivity contribution is 7.46. The first kappa shape index (κ1) is 19.7. The van der Waals surface area contributed by atoms with Crippen molar-refractivity contribution >= 4 is 14.1 Å². The van der Waals surface area contributed by atoms with E-state index >= 15 is 0 Å². The second-order valence-electron chi connectivity index (χ2n) is 5.32. The molecule has 6 nitrogen and oxygen atoms in total. The Morgan fingerprint density at radius 2 is 1.55 bits per heavy atom. The molecule has 1 unspecified atom stereocenters. The Hall–Kier alpha value is -0.260. The quantitative estimate of drug-likeness (QED) is 0.328. The number of quaternary nitrogens is 1. The van der Waals surface area contributed by atoms with Crippen LogP contribution < -0.4 is 0 Å². The third kappa shape index (κ3) is 8.12. The summed E-state index contributed by atoms with van der Waals surface area (Å²) < 4.78 is 16.6. The molecular formula is C13H29NO5P+. The third-order valence-corrected chi connectivity index (χ3v) is 3.90. The van der Waals surface area contributed by atoms with E-state index in [9.17, 15) is 9.36 Å². The van der Waals surface area contributed by atoms with Crippen molar-refractivity contribution in [3.05, 3.63) is 0 Å². The number of carbonyl (C=O) groups excluding carboxylic acids is 1. The lowest BCUT2D eigenvalue weighted by atomic mass is 10.1. The third-order valence-electron chi connectivity index (χ3n) is 3.33. The lowest BCUT2D eigenvalue weighted by Gasteiger charge is -2.40. The number of hydrogen-bond donors (Lipinski definition) is 2. The van der Waals surface area contributed by atoms with Gasteiger partial charge >= 0.3 is 7.82 Å². The van der Waals surface area contributed by atoms with Crippen LogP contribution in [0.5, 0.6) is 0 Å². The van der Waals surface area contributed by atoms with Gasteiger partial charge in [-0.05, 0) is 19.3 Å². The second-order valence-corrected chi connectivity index (χ2v) is 6.51. The van der Waals surface area contributed by atoms with Crippen LogP contribution in [0.1, 0.15) is 46.5 Å². The molecule has 0 radical (unpaired) electrons. The minimum absolute atomic E-state index is 0.0161. The molecule has 0 aliphatic carbocycles. The van der Waals surface area contributed by atoms with Gasteiger partial charge in [0.1, 0.15) is 18.9 Å². The Morgan fingerprint density at radius 1 is 1.10 bits per heavy atom. The van der Waals surface area contributed by atoms with E-state index in [1.807, 2.05) is 0 Å². The summed E-state index contributed by atoms with van der Waals surface area (Å²) in [5.41, 5.74) is 0. The predicted octanol–water partition coefficient (Wildman–Crippen LogP) is 2.10. The van der Waals surface area contributed by atoms with Crippen LogP contribution in [0, 0.1) is 0 Å². The van der Waals surface area contributed by atoms with Crippen molar-refractivity contribution in [2.24, 2.45) is 0 Å². The monoisotopic (exact) mass is 310 g/mol. The molecule has 1 atom stereocenters. The van der Waals surface area contributed by atoms with Gasteiger partial charge in [-0.2, -0.15) is 0 Å². The molecule has 0 saturated carbocycles. The highest BCUT2D eigenvalue weighted by Gasteiger charge is 2.32. The van der Waals surface area contributed by atoms with Crippen LogP contribution in [0.4, 0.5) is 0 Å². The zero-order valence-electron chi connectivity index (χ0n) is 12.8. The Balaban J connectivity index is 5.01. The Kier molecular flexibility index (Phi) is 9.51. The number of phosphoric acid groups is 1. The van der Waals surface area contributed by atoms with E-state index in [0.29, 0.717) is 12.8 Å². The Labute approximate surface area is 122 Å². The molecule has 2 N–H and O–H groups in total. The first-order chi connectivity index (χ1) is 9.32. The molecule has 0 rings (SSSR count). The van der Waals surface area contributed by atoms with Crippen LogP contribution in [0.3, 0.4) is 0 Å². The van der Waals surface area contributed by atoms with Crippen molar-refractivity contribution in [2.45, 2.75) is 52.6 Å². The minimum atomic E-state index is -4.56. The number of hydrogen-bond acceptors (Lipinski definition) is 3. The van der Waals surface area contributed by atoms with Gasteiger partial charge in [0.2, 0.25) is 0 Å². The fraction of sp³-hybridized carbons (Fsp3) is 0.923. The lowest BCUT2D eigenvalue weighted by Crippen LogP contribution is -2.54. The maximum absolute atomic E-state index is 11.0. The molecule has 20 heavy (non-hydrogen) atoms. The lowest BCUT2D eigenvalue weighted by molar-refractivity contribution is -0.930. The van der Waals surface area contributed by atoms with Gasteiger partial charge in [0, 0.05) is 6.42 Å². The van der Waals surface area contributed by atoms with Gasteiger partial charge in [0.15, 0.2) is 0 Å². The summed E-state index contributed by atoms with van der Waals surface area (Å²) in [4.78, 5) is 28.7. The fourth-order valence-corrected chi connectivity index (χ4v) is 3.46. The van der Waals surface area contributed by atoms with Crippen molar-refractivity contribution in [1.29, 1.82) is 0 Å². The van der Waals surface area contributed by atoms with E-state index in [-0.39, 0.29) is 6.42 Å². The molecule has 0 amide bonds. The number of rotatable bonds is 12. The van der Waals surface area contributed by atoms with Crippen LogP contribution in [0.25, 0.3) is 0 Å². The Morgan fingerprint density at radius 3 is 1.85 bits per heavy atom. The molecule has 0 aliphatic heterocycles. The Bertz CT molecular complexity index is 301. The first-order valence-electron chi connectivity index (χ1n) is 7.35. The molecule has 120 valence electrons. The number of carbonyl (C=O) groups is 1. The average Bonchev–Trinajstić information content (AvgIpc) is 2.27. The molecular weight excluding hydrogens is 281 g/mol. The van der Waals surface area contributed by atoms with Gasteiger partial charge < -0.3 is 19.1 Å². The zero-order chi connectivity index (χ0) is 15.6. The van der Waals surface area contributed by atoms with Crippen LogP contribution in [0.2, 0.25) is 0 Å². The van der Waals surface area contributed by atoms with Gasteiger partial charge in [-0.25, -0.2) is 4.57 Å². The summed E-state index contributed by atoms with van der Waals surface area (Å²) in [6, 6.07) is 0. The molecule has 0 spiro atoms. The second kappa shape index (κ2) is 9.64. The van der Waals surface area contributed by atoms with Crippen LogP contribution in [0.15, 0.2) is 0 Å². The summed E-state index contributed by atoms with van der Waals surface area (Å²) >= 11 is 0. The summed E-state index contributed by atoms with van der Waals surface area (Å²) in [5.74, 6) is 0. The van der Waals surface area contributed by atoms with Crippen LogP contribution in [-0.4, -0.2) is 52.8 Å². The van der Waals surface area contributed by atoms with Crippen molar-refractivity contribution in [3.8, 4) is 0 Å². The van der Waals surface area contributed by atoms with Gasteiger partial charge in [-0.1, -0.05) is 20.8 Å². The van der Waals surface area contributed by atoms with E-state index in [4.69, 9.17) is 14.3 Å². The summed E-state index contributed by atoms with van der Waals surface area (Å²) in [5, 5.41) is 0. The molecule has 0 aromatic heterocycles. The first-order valence-corrected chi connectivity index (χ1v) is 8.88. The predicted molar refractivity (Wildman–Crippen MR) is 78.2 cm³/mol. The number of aldehydes is 1. The van der Waals surface area contributed by atoms with Gasteiger partial charge in [0.25, 0.3) is 0 Å². The van der Waals surface area contributed by atoms with Crippen molar-refractivity contribution in [3.63, 3.8) is 0 Å². The highest BCUT2D eigenvalue weighted by atomic mass is 31.2. The number of phosphoric ester groups is 1. The maximum Gasteiger partial charge on any atom is 0.470 e. The van der Waals surface area contributed by atoms with E-state index in [1.54, 1.807) is 0 Å². The van der Waals surface area contributed by atoms with Gasteiger partial charge in [0.05, 0.1) is 19.6 Å². The molecule has 0 aliphatic rings. The molecule has 0 aromatic carbocycles. The minimum Gasteiger partial charge on any atom is -0.321 e. The normalized spacial score (nSPS) is 14.2. The highest BCUT2D eigenvalue weighted by Crippen LogP contribution is 2.38. The fourth-order valence-electron chi connectivity index (χ4n) is 2.92. The van der Waals surface area contributed by atoms with Crippen LogP contribution >= 0.6 is 7.82 Å². The van der Waals surface area contributed by atoms with Gasteiger partial charge in [-0.3, -0.25) is 4.52 Å². The van der Waals surface area contributed by atoms with Crippen LogP contribution in [-0.2, 0) is 13.9 Å². The maximum atomic E-state index is 11.0. The SMILES string of the molecule is CCC[N+](CCC)(CCC)CC(CC=O)OP(=O)(O)O. The number of nitrogens with zero attached hydrogens (tertiary/aromatic N) is 1. The largest absolute Gasteiger partial charge is 0.470 e. The standard InChI is InChI=1S/C13H28NO5P/c1-4-8-14(9-5-2,10-6-3)12-13(7-11-15)19-20(16,17)18/h11,13H,4-10,12H2,1-3H3,(H-,16,17,18)/p+1. The molecule has 7 heteroatoms. The molecule has 0 fully saturated rings. The van der Waals surface area contributed by atoms with E-state index in [0.717, 1.165) is 43.4 Å². The van der Waals surface area contributed by atoms with Crippen molar-refractivity contribution in [2.75, 3.05) is 26.2 Å². The topological polar surface area (TPSA) is 83.8 Å². The molecule has 0 saturated heterocycles. The molecule has 0 aromatic rings. The van der Waals surface area contributed by atoms with E-state index in [2.05, 4.69) is 20.8 Å². The molecule has 0 bridgehead atoms. The van der Waals surface area contributed by atoms with Crippen molar-refractivity contribution in [1.82, 2.24) is 0 Å². The smallest absolute Gasteiger partial charge is 0.321 e. The van der Waals surface area contributed by atoms with E-state index in [1.165, 1.54) is 0 Å². The summed E-state index contributed by atoms with van der Waals surface area (Å²) in [6.07, 6.45) is 2.93. The summed E-state index contributed by atoms with van der Waals surface area (Å²) in [6.45, 7) is 9.55.